The first-order valence-corrected chi connectivity index (χ1v) is 5.88. The lowest BCUT2D eigenvalue weighted by Crippen LogP contribution is -2.14. The predicted molar refractivity (Wildman–Crippen MR) is 74.7 cm³/mol. The van der Waals surface area contributed by atoms with Crippen molar-refractivity contribution >= 4 is 17.3 Å². The van der Waals surface area contributed by atoms with Crippen LogP contribution in [0.25, 0.3) is 0 Å². The number of halogens is 1. The zero-order valence-corrected chi connectivity index (χ0v) is 10.8. The van der Waals surface area contributed by atoms with Crippen molar-refractivity contribution in [1.82, 2.24) is 0 Å². The maximum absolute atomic E-state index is 13.2. The molecule has 0 saturated heterocycles. The Morgan fingerprint density at radius 3 is 2.70 bits per heavy atom. The van der Waals surface area contributed by atoms with Crippen molar-refractivity contribution in [3.63, 3.8) is 0 Å². The maximum Gasteiger partial charge on any atom is 0.256 e. The minimum absolute atomic E-state index is 0.244. The molecule has 2 aromatic rings. The van der Waals surface area contributed by atoms with Gasteiger partial charge in [0.1, 0.15) is 5.82 Å². The monoisotopic (exact) mass is 269 g/mol. The molecule has 2 aromatic carbocycles. The first-order chi connectivity index (χ1) is 9.51. The van der Waals surface area contributed by atoms with Crippen LogP contribution in [0.15, 0.2) is 36.4 Å². The minimum Gasteiger partial charge on any atom is -0.397 e. The molecule has 0 aromatic heterocycles. The number of carbonyl (C=O) groups excluding carboxylic acids is 1. The van der Waals surface area contributed by atoms with Gasteiger partial charge in [-0.15, -0.1) is 0 Å². The molecule has 0 radical (unpaired) electrons. The Kier molecular flexibility index (Phi) is 3.67. The van der Waals surface area contributed by atoms with Crippen molar-refractivity contribution in [2.45, 2.75) is 6.92 Å². The SMILES string of the molecule is Cc1ccc(F)cc1C(=O)Nc1ccc(C#N)cc1N. The fourth-order valence-electron chi connectivity index (χ4n) is 1.77. The Balaban J connectivity index is 2.28. The van der Waals surface area contributed by atoms with Crippen LogP contribution in [0.4, 0.5) is 15.8 Å². The van der Waals surface area contributed by atoms with Crippen LogP contribution >= 0.6 is 0 Å². The van der Waals surface area contributed by atoms with Gasteiger partial charge >= 0.3 is 0 Å². The van der Waals surface area contributed by atoms with Crippen LogP contribution in [-0.2, 0) is 0 Å². The highest BCUT2D eigenvalue weighted by molar-refractivity contribution is 6.06. The first kappa shape index (κ1) is 13.6. The van der Waals surface area contributed by atoms with Gasteiger partial charge in [-0.05, 0) is 42.8 Å². The summed E-state index contributed by atoms with van der Waals surface area (Å²) in [7, 11) is 0. The molecule has 0 aliphatic heterocycles. The molecule has 0 fully saturated rings. The topological polar surface area (TPSA) is 78.9 Å². The quantitative estimate of drug-likeness (QED) is 0.823. The van der Waals surface area contributed by atoms with Gasteiger partial charge in [0, 0.05) is 5.56 Å². The van der Waals surface area contributed by atoms with Gasteiger partial charge < -0.3 is 11.1 Å². The molecule has 0 aliphatic rings. The molecule has 5 heteroatoms. The summed E-state index contributed by atoms with van der Waals surface area (Å²) in [4.78, 5) is 12.1. The molecule has 2 rings (SSSR count). The smallest absolute Gasteiger partial charge is 0.256 e. The number of hydrogen-bond donors (Lipinski definition) is 2. The highest BCUT2D eigenvalue weighted by Gasteiger charge is 2.12. The number of nitriles is 1. The molecule has 0 atom stereocenters. The lowest BCUT2D eigenvalue weighted by Gasteiger charge is -2.10. The molecule has 20 heavy (non-hydrogen) atoms. The second kappa shape index (κ2) is 5.41. The van der Waals surface area contributed by atoms with Gasteiger partial charge in [-0.2, -0.15) is 5.26 Å². The zero-order valence-electron chi connectivity index (χ0n) is 10.8. The molecule has 0 spiro atoms. The van der Waals surface area contributed by atoms with Gasteiger partial charge in [-0.25, -0.2) is 4.39 Å². The highest BCUT2D eigenvalue weighted by atomic mass is 19.1. The second-order valence-corrected chi connectivity index (χ2v) is 4.33. The van der Waals surface area contributed by atoms with Crippen LogP contribution in [0, 0.1) is 24.1 Å². The van der Waals surface area contributed by atoms with E-state index in [0.29, 0.717) is 16.8 Å². The molecule has 0 unspecified atom stereocenters. The molecule has 4 nitrogen and oxygen atoms in total. The molecule has 1 amide bonds. The molecule has 0 heterocycles. The molecule has 0 saturated carbocycles. The van der Waals surface area contributed by atoms with E-state index < -0.39 is 11.7 Å². The Labute approximate surface area is 115 Å². The number of nitrogens with two attached hydrogens (primary N) is 1. The number of carbonyl (C=O) groups is 1. The summed E-state index contributed by atoms with van der Waals surface area (Å²) >= 11 is 0. The highest BCUT2D eigenvalue weighted by Crippen LogP contribution is 2.21. The number of anilines is 2. The molecule has 0 bridgehead atoms. The molecular weight excluding hydrogens is 257 g/mol. The van der Waals surface area contributed by atoms with Crippen molar-refractivity contribution < 1.29 is 9.18 Å². The number of nitrogens with one attached hydrogen (secondary N) is 1. The summed E-state index contributed by atoms with van der Waals surface area (Å²) in [6.07, 6.45) is 0. The summed E-state index contributed by atoms with van der Waals surface area (Å²) in [5.74, 6) is -0.924. The van der Waals surface area contributed by atoms with Gasteiger partial charge in [-0.1, -0.05) is 6.07 Å². The maximum atomic E-state index is 13.2. The number of rotatable bonds is 2. The van der Waals surface area contributed by atoms with Crippen LogP contribution in [0.2, 0.25) is 0 Å². The summed E-state index contributed by atoms with van der Waals surface area (Å²) in [6, 6.07) is 10.5. The van der Waals surface area contributed by atoms with E-state index in [1.54, 1.807) is 19.1 Å². The normalized spacial score (nSPS) is 9.85. The Morgan fingerprint density at radius 1 is 1.30 bits per heavy atom. The zero-order chi connectivity index (χ0) is 14.7. The molecule has 0 aliphatic carbocycles. The van der Waals surface area contributed by atoms with Crippen LogP contribution in [0.3, 0.4) is 0 Å². The Morgan fingerprint density at radius 2 is 2.05 bits per heavy atom. The van der Waals surface area contributed by atoms with E-state index in [4.69, 9.17) is 11.0 Å². The number of hydrogen-bond acceptors (Lipinski definition) is 3. The number of nitrogens with zero attached hydrogens (tertiary/aromatic N) is 1. The van der Waals surface area contributed by atoms with Crippen LogP contribution in [0.1, 0.15) is 21.5 Å². The Bertz CT molecular complexity index is 720. The third kappa shape index (κ3) is 2.75. The third-order valence-corrected chi connectivity index (χ3v) is 2.87. The van der Waals surface area contributed by atoms with Crippen molar-refractivity contribution in [3.8, 4) is 6.07 Å². The fourth-order valence-corrected chi connectivity index (χ4v) is 1.77. The third-order valence-electron chi connectivity index (χ3n) is 2.87. The second-order valence-electron chi connectivity index (χ2n) is 4.33. The molecular formula is C15H12FN3O. The van der Waals surface area contributed by atoms with E-state index >= 15 is 0 Å². The van der Waals surface area contributed by atoms with Crippen molar-refractivity contribution in [2.75, 3.05) is 11.1 Å². The van der Waals surface area contributed by atoms with Crippen LogP contribution < -0.4 is 11.1 Å². The van der Waals surface area contributed by atoms with E-state index in [2.05, 4.69) is 5.32 Å². The first-order valence-electron chi connectivity index (χ1n) is 5.88. The standard InChI is InChI=1S/C15H12FN3O/c1-9-2-4-11(16)7-12(9)15(20)19-14-5-3-10(8-17)6-13(14)18/h2-7H,18H2,1H3,(H,19,20). The van der Waals surface area contributed by atoms with Crippen LogP contribution in [-0.4, -0.2) is 5.91 Å². The van der Waals surface area contributed by atoms with E-state index in [9.17, 15) is 9.18 Å². The number of nitrogen functional groups attached to an aromatic ring is 1. The van der Waals surface area contributed by atoms with Gasteiger partial charge in [0.25, 0.3) is 5.91 Å². The van der Waals surface area contributed by atoms with Crippen molar-refractivity contribution in [3.05, 3.63) is 58.9 Å². The fraction of sp³-hybridized carbons (Fsp3) is 0.0667. The minimum atomic E-state index is -0.478. The van der Waals surface area contributed by atoms with Gasteiger partial charge in [0.05, 0.1) is 23.0 Å². The van der Waals surface area contributed by atoms with Gasteiger partial charge in [0.15, 0.2) is 0 Å². The number of benzene rings is 2. The van der Waals surface area contributed by atoms with E-state index in [-0.39, 0.29) is 11.3 Å². The lowest BCUT2D eigenvalue weighted by atomic mass is 10.1. The molecule has 100 valence electrons. The van der Waals surface area contributed by atoms with E-state index in [1.807, 2.05) is 6.07 Å². The lowest BCUT2D eigenvalue weighted by molar-refractivity contribution is 0.102. The summed E-state index contributed by atoms with van der Waals surface area (Å²) < 4.78 is 13.2. The van der Waals surface area contributed by atoms with E-state index in [1.165, 1.54) is 24.3 Å². The van der Waals surface area contributed by atoms with Crippen LogP contribution in [0.5, 0.6) is 0 Å². The van der Waals surface area contributed by atoms with Crippen molar-refractivity contribution in [1.29, 1.82) is 5.26 Å². The largest absolute Gasteiger partial charge is 0.397 e. The van der Waals surface area contributed by atoms with E-state index in [0.717, 1.165) is 0 Å². The van der Waals surface area contributed by atoms with Crippen molar-refractivity contribution in [2.24, 2.45) is 0 Å². The van der Waals surface area contributed by atoms with Gasteiger partial charge in [0.2, 0.25) is 0 Å². The summed E-state index contributed by atoms with van der Waals surface area (Å²) in [6.45, 7) is 1.72. The summed E-state index contributed by atoms with van der Waals surface area (Å²) in [5, 5.41) is 11.4. The molecule has 3 N–H and O–H groups in total. The number of amides is 1. The number of aryl methyl sites for hydroxylation is 1. The average molecular weight is 269 g/mol. The average Bonchev–Trinajstić information content (AvgIpc) is 2.43. The summed E-state index contributed by atoms with van der Waals surface area (Å²) in [5.41, 5.74) is 7.73. The Hall–Kier alpha value is -2.87. The van der Waals surface area contributed by atoms with Gasteiger partial charge in [-0.3, -0.25) is 4.79 Å². The predicted octanol–water partition coefficient (Wildman–Crippen LogP) is 2.84.